The van der Waals surface area contributed by atoms with Crippen molar-refractivity contribution in [1.29, 1.82) is 5.26 Å². The molecule has 0 saturated heterocycles. The zero-order valence-electron chi connectivity index (χ0n) is 9.47. The zero-order valence-corrected chi connectivity index (χ0v) is 9.47. The van der Waals surface area contributed by atoms with Gasteiger partial charge in [-0.15, -0.1) is 0 Å². The normalized spacial score (nSPS) is 16.6. The molecular weight excluding hydrogens is 172 g/mol. The van der Waals surface area contributed by atoms with Crippen LogP contribution in [-0.2, 0) is 0 Å². The number of nitrogens with one attached hydrogen (secondary N) is 1. The summed E-state index contributed by atoms with van der Waals surface area (Å²) in [5.41, 5.74) is -0.230. The van der Waals surface area contributed by atoms with Gasteiger partial charge in [-0.25, -0.2) is 0 Å². The Morgan fingerprint density at radius 1 is 1.29 bits per heavy atom. The van der Waals surface area contributed by atoms with E-state index in [1.807, 2.05) is 0 Å². The Balaban J connectivity index is 2.42. The van der Waals surface area contributed by atoms with Crippen LogP contribution in [0.25, 0.3) is 0 Å². The van der Waals surface area contributed by atoms with E-state index in [-0.39, 0.29) is 5.54 Å². The first-order valence-electron chi connectivity index (χ1n) is 5.92. The van der Waals surface area contributed by atoms with Gasteiger partial charge >= 0.3 is 0 Å². The van der Waals surface area contributed by atoms with E-state index < -0.39 is 0 Å². The highest BCUT2D eigenvalue weighted by Gasteiger charge is 2.30. The van der Waals surface area contributed by atoms with E-state index in [1.165, 1.54) is 12.8 Å². The van der Waals surface area contributed by atoms with Gasteiger partial charge in [-0.2, -0.15) is 5.26 Å². The lowest BCUT2D eigenvalue weighted by Crippen LogP contribution is -2.44. The van der Waals surface area contributed by atoms with Gasteiger partial charge in [0.25, 0.3) is 0 Å². The Bertz CT molecular complexity index is 195. The summed E-state index contributed by atoms with van der Waals surface area (Å²) < 4.78 is 0. The van der Waals surface area contributed by atoms with Gasteiger partial charge in [0.2, 0.25) is 0 Å². The molecule has 0 radical (unpaired) electrons. The minimum Gasteiger partial charge on any atom is -0.299 e. The highest BCUT2D eigenvalue weighted by molar-refractivity contribution is 5.07. The van der Waals surface area contributed by atoms with Gasteiger partial charge in [0, 0.05) is 0 Å². The van der Waals surface area contributed by atoms with Crippen LogP contribution in [-0.4, -0.2) is 12.1 Å². The summed E-state index contributed by atoms with van der Waals surface area (Å²) in [5, 5.41) is 12.7. The van der Waals surface area contributed by atoms with Crippen LogP contribution in [0.3, 0.4) is 0 Å². The minimum absolute atomic E-state index is 0.230. The topological polar surface area (TPSA) is 35.8 Å². The van der Waals surface area contributed by atoms with Crippen molar-refractivity contribution in [2.24, 2.45) is 5.92 Å². The number of hydrogen-bond acceptors (Lipinski definition) is 2. The minimum atomic E-state index is -0.230. The van der Waals surface area contributed by atoms with Crippen molar-refractivity contribution < 1.29 is 0 Å². The molecule has 0 amide bonds. The van der Waals surface area contributed by atoms with Crippen LogP contribution in [0.2, 0.25) is 0 Å². The van der Waals surface area contributed by atoms with Crippen LogP contribution in [0.4, 0.5) is 0 Å². The molecular formula is C12H22N2. The third-order valence-corrected chi connectivity index (χ3v) is 2.99. The molecule has 0 aliphatic heterocycles. The molecule has 0 spiro atoms. The predicted molar refractivity (Wildman–Crippen MR) is 58.9 cm³/mol. The quantitative estimate of drug-likeness (QED) is 0.676. The zero-order chi connectivity index (χ0) is 10.4. The molecule has 1 N–H and O–H groups in total. The number of nitriles is 1. The number of rotatable bonds is 7. The molecule has 1 rings (SSSR count). The van der Waals surface area contributed by atoms with Crippen LogP contribution in [0, 0.1) is 17.2 Å². The summed E-state index contributed by atoms with van der Waals surface area (Å²) in [7, 11) is 0. The Morgan fingerprint density at radius 2 is 1.86 bits per heavy atom. The highest BCUT2D eigenvalue weighted by Crippen LogP contribution is 2.29. The molecule has 0 aromatic rings. The van der Waals surface area contributed by atoms with Gasteiger partial charge in [-0.05, 0) is 38.1 Å². The molecule has 2 nitrogen and oxygen atoms in total. The fourth-order valence-corrected chi connectivity index (χ4v) is 1.97. The van der Waals surface area contributed by atoms with Crippen LogP contribution in [0.15, 0.2) is 0 Å². The summed E-state index contributed by atoms with van der Waals surface area (Å²) >= 11 is 0. The maximum Gasteiger partial charge on any atom is 0.106 e. The molecule has 0 aromatic carbocycles. The van der Waals surface area contributed by atoms with Crippen LogP contribution >= 0.6 is 0 Å². The van der Waals surface area contributed by atoms with E-state index in [9.17, 15) is 5.26 Å². The first-order valence-corrected chi connectivity index (χ1v) is 5.92. The van der Waals surface area contributed by atoms with Gasteiger partial charge in [-0.1, -0.05) is 26.7 Å². The molecule has 1 aliphatic carbocycles. The number of nitrogens with zero attached hydrogens (tertiary/aromatic N) is 1. The molecule has 1 saturated carbocycles. The Hall–Kier alpha value is -0.550. The molecule has 0 aromatic heterocycles. The molecule has 1 fully saturated rings. The van der Waals surface area contributed by atoms with Crippen LogP contribution in [0.1, 0.15) is 52.4 Å². The van der Waals surface area contributed by atoms with E-state index in [4.69, 9.17) is 0 Å². The van der Waals surface area contributed by atoms with Crippen molar-refractivity contribution in [2.45, 2.75) is 57.9 Å². The molecule has 0 heterocycles. The standard InChI is InChI=1S/C12H22N2/c1-3-7-12(10-13,8-4-2)14-9-11-5-6-11/h11,14H,3-9H2,1-2H3. The van der Waals surface area contributed by atoms with Crippen molar-refractivity contribution in [1.82, 2.24) is 5.32 Å². The van der Waals surface area contributed by atoms with Crippen molar-refractivity contribution >= 4 is 0 Å². The lowest BCUT2D eigenvalue weighted by atomic mass is 9.90. The Labute approximate surface area is 87.7 Å². The van der Waals surface area contributed by atoms with E-state index in [2.05, 4.69) is 25.2 Å². The molecule has 0 unspecified atom stereocenters. The van der Waals surface area contributed by atoms with Crippen LogP contribution in [0.5, 0.6) is 0 Å². The summed E-state index contributed by atoms with van der Waals surface area (Å²) in [6.45, 7) is 5.36. The van der Waals surface area contributed by atoms with Gasteiger partial charge in [0.1, 0.15) is 5.54 Å². The molecule has 80 valence electrons. The van der Waals surface area contributed by atoms with Gasteiger partial charge in [0.15, 0.2) is 0 Å². The Morgan fingerprint density at radius 3 is 2.21 bits per heavy atom. The van der Waals surface area contributed by atoms with E-state index in [1.54, 1.807) is 0 Å². The number of hydrogen-bond donors (Lipinski definition) is 1. The fraction of sp³-hybridized carbons (Fsp3) is 0.917. The van der Waals surface area contributed by atoms with Crippen molar-refractivity contribution in [3.05, 3.63) is 0 Å². The smallest absolute Gasteiger partial charge is 0.106 e. The maximum atomic E-state index is 9.26. The van der Waals surface area contributed by atoms with Crippen molar-refractivity contribution in [3.8, 4) is 6.07 Å². The van der Waals surface area contributed by atoms with Crippen molar-refractivity contribution in [2.75, 3.05) is 6.54 Å². The largest absolute Gasteiger partial charge is 0.299 e. The maximum absolute atomic E-state index is 9.26. The highest BCUT2D eigenvalue weighted by atomic mass is 15.0. The molecule has 14 heavy (non-hydrogen) atoms. The van der Waals surface area contributed by atoms with Crippen LogP contribution < -0.4 is 5.32 Å². The second-order valence-electron chi connectivity index (χ2n) is 4.52. The monoisotopic (exact) mass is 194 g/mol. The third kappa shape index (κ3) is 3.31. The average Bonchev–Trinajstić information content (AvgIpc) is 2.98. The average molecular weight is 194 g/mol. The van der Waals surface area contributed by atoms with E-state index in [0.29, 0.717) is 0 Å². The second kappa shape index (κ2) is 5.36. The first-order chi connectivity index (χ1) is 6.76. The SMILES string of the molecule is CCCC(C#N)(CCC)NCC1CC1. The Kier molecular flexibility index (Phi) is 4.41. The molecule has 2 heteroatoms. The summed E-state index contributed by atoms with van der Waals surface area (Å²) in [5.74, 6) is 0.858. The lowest BCUT2D eigenvalue weighted by Gasteiger charge is -2.27. The molecule has 1 aliphatic rings. The fourth-order valence-electron chi connectivity index (χ4n) is 1.97. The molecule has 0 atom stereocenters. The van der Waals surface area contributed by atoms with Crippen molar-refractivity contribution in [3.63, 3.8) is 0 Å². The van der Waals surface area contributed by atoms with E-state index >= 15 is 0 Å². The van der Waals surface area contributed by atoms with Gasteiger partial charge < -0.3 is 0 Å². The summed E-state index contributed by atoms with van der Waals surface area (Å²) in [6.07, 6.45) is 6.87. The van der Waals surface area contributed by atoms with Gasteiger partial charge in [-0.3, -0.25) is 5.32 Å². The van der Waals surface area contributed by atoms with E-state index in [0.717, 1.165) is 38.1 Å². The second-order valence-corrected chi connectivity index (χ2v) is 4.52. The first kappa shape index (κ1) is 11.5. The third-order valence-electron chi connectivity index (χ3n) is 2.99. The summed E-state index contributed by atoms with van der Waals surface area (Å²) in [6, 6.07) is 2.49. The predicted octanol–water partition coefficient (Wildman–Crippen LogP) is 2.85. The molecule has 0 bridgehead atoms. The van der Waals surface area contributed by atoms with Gasteiger partial charge in [0.05, 0.1) is 6.07 Å². The summed E-state index contributed by atoms with van der Waals surface area (Å²) in [4.78, 5) is 0. The lowest BCUT2D eigenvalue weighted by molar-refractivity contribution is 0.348.